The van der Waals surface area contributed by atoms with E-state index >= 15 is 0 Å². The van der Waals surface area contributed by atoms with E-state index in [0.717, 1.165) is 0 Å². The minimum atomic E-state index is -3.66. The number of sulfone groups is 1. The number of nitrogens with one attached hydrogen (secondary N) is 2. The van der Waals surface area contributed by atoms with Crippen LogP contribution in [0.25, 0.3) is 0 Å². The zero-order valence-corrected chi connectivity index (χ0v) is 16.9. The molecule has 2 aromatic carbocycles. The van der Waals surface area contributed by atoms with E-state index in [0.29, 0.717) is 17.9 Å². The van der Waals surface area contributed by atoms with E-state index in [-0.39, 0.29) is 16.2 Å². The fraction of sp³-hybridized carbons (Fsp3) is 0.143. The van der Waals surface area contributed by atoms with Crippen LogP contribution in [-0.4, -0.2) is 26.8 Å². The van der Waals surface area contributed by atoms with Crippen molar-refractivity contribution >= 4 is 21.7 Å². The Labute approximate surface area is 173 Å². The van der Waals surface area contributed by atoms with Gasteiger partial charge < -0.3 is 9.15 Å². The quantitative estimate of drug-likeness (QED) is 0.559. The van der Waals surface area contributed by atoms with Crippen molar-refractivity contribution in [1.82, 2.24) is 10.9 Å². The molecule has 0 fully saturated rings. The van der Waals surface area contributed by atoms with Crippen LogP contribution in [0.3, 0.4) is 0 Å². The number of ether oxygens (including phenoxy) is 1. The molecule has 2 N–H and O–H groups in total. The molecule has 3 aromatic rings. The summed E-state index contributed by atoms with van der Waals surface area (Å²) in [5.74, 6) is -1.29. The summed E-state index contributed by atoms with van der Waals surface area (Å²) in [6.07, 6.45) is 1.22. The molecule has 156 valence electrons. The third kappa shape index (κ3) is 5.06. The first kappa shape index (κ1) is 21.1. The van der Waals surface area contributed by atoms with Crippen molar-refractivity contribution in [1.29, 1.82) is 0 Å². The van der Waals surface area contributed by atoms with E-state index in [9.17, 15) is 18.0 Å². The average molecular weight is 428 g/mol. The summed E-state index contributed by atoms with van der Waals surface area (Å²) in [6.45, 7) is 2.36. The predicted octanol–water partition coefficient (Wildman–Crippen LogP) is 2.73. The lowest BCUT2D eigenvalue weighted by atomic mass is 10.2. The number of hydrogen-bond acceptors (Lipinski definition) is 6. The highest BCUT2D eigenvalue weighted by molar-refractivity contribution is 7.90. The maximum absolute atomic E-state index is 12.5. The second kappa shape index (κ2) is 9.27. The van der Waals surface area contributed by atoms with Gasteiger partial charge in [-0.3, -0.25) is 20.4 Å². The molecule has 0 saturated carbocycles. The van der Waals surface area contributed by atoms with Crippen LogP contribution in [0.5, 0.6) is 5.75 Å². The highest BCUT2D eigenvalue weighted by Gasteiger charge is 2.22. The zero-order valence-electron chi connectivity index (χ0n) is 16.1. The van der Waals surface area contributed by atoms with Gasteiger partial charge in [0.2, 0.25) is 0 Å². The fourth-order valence-corrected chi connectivity index (χ4v) is 4.05. The van der Waals surface area contributed by atoms with Gasteiger partial charge in [-0.05, 0) is 49.4 Å². The molecule has 30 heavy (non-hydrogen) atoms. The van der Waals surface area contributed by atoms with Crippen LogP contribution in [0.1, 0.15) is 33.4 Å². The second-order valence-electron chi connectivity index (χ2n) is 6.21. The van der Waals surface area contributed by atoms with Crippen LogP contribution in [0.2, 0.25) is 0 Å². The Hall–Kier alpha value is -3.59. The Morgan fingerprint density at radius 2 is 1.60 bits per heavy atom. The van der Waals surface area contributed by atoms with Crippen LogP contribution in [-0.2, 0) is 15.6 Å². The first-order chi connectivity index (χ1) is 14.4. The molecule has 0 radical (unpaired) electrons. The SMILES string of the molecule is CCOc1ccc(C(=O)NNC(=O)c2occc2CS(=O)(=O)c2ccccc2)cc1. The van der Waals surface area contributed by atoms with Gasteiger partial charge in [0, 0.05) is 11.1 Å². The lowest BCUT2D eigenvalue weighted by molar-refractivity contribution is 0.0830. The number of rotatable bonds is 7. The third-order valence-electron chi connectivity index (χ3n) is 4.12. The van der Waals surface area contributed by atoms with Crippen molar-refractivity contribution < 1.29 is 27.2 Å². The van der Waals surface area contributed by atoms with Crippen molar-refractivity contribution in [2.45, 2.75) is 17.6 Å². The van der Waals surface area contributed by atoms with Gasteiger partial charge in [-0.2, -0.15) is 0 Å². The molecule has 3 rings (SSSR count). The number of hydrogen-bond donors (Lipinski definition) is 2. The van der Waals surface area contributed by atoms with Gasteiger partial charge >= 0.3 is 5.91 Å². The summed E-state index contributed by atoms with van der Waals surface area (Å²) in [5.41, 5.74) is 5.00. The molecule has 0 aliphatic heterocycles. The Bertz CT molecular complexity index is 1120. The summed E-state index contributed by atoms with van der Waals surface area (Å²) >= 11 is 0. The van der Waals surface area contributed by atoms with E-state index in [1.165, 1.54) is 24.5 Å². The molecule has 2 amide bonds. The normalized spacial score (nSPS) is 11.0. The number of amides is 2. The van der Waals surface area contributed by atoms with Crippen molar-refractivity contribution in [2.24, 2.45) is 0 Å². The maximum Gasteiger partial charge on any atom is 0.305 e. The first-order valence-electron chi connectivity index (χ1n) is 9.08. The highest BCUT2D eigenvalue weighted by atomic mass is 32.2. The zero-order chi connectivity index (χ0) is 21.6. The van der Waals surface area contributed by atoms with Gasteiger partial charge in [-0.15, -0.1) is 0 Å². The Kier molecular flexibility index (Phi) is 6.53. The van der Waals surface area contributed by atoms with Gasteiger partial charge in [-0.25, -0.2) is 8.42 Å². The molecule has 0 bridgehead atoms. The molecule has 0 atom stereocenters. The summed E-state index contributed by atoms with van der Waals surface area (Å²) in [6, 6.07) is 15.7. The van der Waals surface area contributed by atoms with Crippen LogP contribution in [0.15, 0.2) is 76.2 Å². The van der Waals surface area contributed by atoms with Crippen LogP contribution < -0.4 is 15.6 Å². The molecule has 0 unspecified atom stereocenters. The van der Waals surface area contributed by atoms with E-state index in [2.05, 4.69) is 10.9 Å². The average Bonchev–Trinajstić information content (AvgIpc) is 3.20. The van der Waals surface area contributed by atoms with E-state index in [1.54, 1.807) is 42.5 Å². The summed E-state index contributed by atoms with van der Waals surface area (Å²) in [7, 11) is -3.66. The molecule has 0 aliphatic carbocycles. The largest absolute Gasteiger partial charge is 0.494 e. The number of carbonyl (C=O) groups excluding carboxylic acids is 2. The molecule has 1 heterocycles. The molecule has 0 aliphatic rings. The molecule has 0 saturated heterocycles. The lowest BCUT2D eigenvalue weighted by Crippen LogP contribution is -2.41. The number of hydrazine groups is 1. The van der Waals surface area contributed by atoms with Gasteiger partial charge in [-0.1, -0.05) is 18.2 Å². The van der Waals surface area contributed by atoms with Crippen molar-refractivity contribution in [3.63, 3.8) is 0 Å². The minimum Gasteiger partial charge on any atom is -0.494 e. The highest BCUT2D eigenvalue weighted by Crippen LogP contribution is 2.20. The molecule has 0 spiro atoms. The molecular weight excluding hydrogens is 408 g/mol. The third-order valence-corrected chi connectivity index (χ3v) is 5.80. The fourth-order valence-electron chi connectivity index (χ4n) is 2.68. The number of carbonyl (C=O) groups is 2. The van der Waals surface area contributed by atoms with Crippen LogP contribution >= 0.6 is 0 Å². The predicted molar refractivity (Wildman–Crippen MR) is 109 cm³/mol. The smallest absolute Gasteiger partial charge is 0.305 e. The Balaban J connectivity index is 1.64. The Morgan fingerprint density at radius 3 is 2.27 bits per heavy atom. The van der Waals surface area contributed by atoms with Gasteiger partial charge in [0.1, 0.15) is 5.75 Å². The van der Waals surface area contributed by atoms with Crippen molar-refractivity contribution in [3.8, 4) is 5.75 Å². The molecular formula is C21H20N2O6S. The van der Waals surface area contributed by atoms with E-state index in [4.69, 9.17) is 9.15 Å². The van der Waals surface area contributed by atoms with Gasteiger partial charge in [0.15, 0.2) is 15.6 Å². The maximum atomic E-state index is 12.5. The van der Waals surface area contributed by atoms with E-state index in [1.807, 2.05) is 6.92 Å². The lowest BCUT2D eigenvalue weighted by Gasteiger charge is -2.09. The van der Waals surface area contributed by atoms with Crippen LogP contribution in [0.4, 0.5) is 0 Å². The first-order valence-corrected chi connectivity index (χ1v) is 10.7. The standard InChI is InChI=1S/C21H20N2O6S/c1-2-28-17-10-8-15(9-11-17)20(24)22-23-21(25)19-16(12-13-29-19)14-30(26,27)18-6-4-3-5-7-18/h3-13H,2,14H2,1H3,(H,22,24)(H,23,25). The van der Waals surface area contributed by atoms with Crippen molar-refractivity contribution in [3.05, 3.63) is 83.8 Å². The molecule has 9 heteroatoms. The monoisotopic (exact) mass is 428 g/mol. The number of furan rings is 1. The molecule has 8 nitrogen and oxygen atoms in total. The second-order valence-corrected chi connectivity index (χ2v) is 8.20. The number of benzene rings is 2. The summed E-state index contributed by atoms with van der Waals surface area (Å²) in [4.78, 5) is 24.7. The summed E-state index contributed by atoms with van der Waals surface area (Å²) in [5, 5.41) is 0. The van der Waals surface area contributed by atoms with Gasteiger partial charge in [0.05, 0.1) is 23.5 Å². The van der Waals surface area contributed by atoms with Crippen LogP contribution in [0, 0.1) is 0 Å². The van der Waals surface area contributed by atoms with Crippen molar-refractivity contribution in [2.75, 3.05) is 6.61 Å². The summed E-state index contributed by atoms with van der Waals surface area (Å²) < 4.78 is 35.5. The topological polar surface area (TPSA) is 115 Å². The van der Waals surface area contributed by atoms with E-state index < -0.39 is 27.4 Å². The Morgan fingerprint density at radius 1 is 0.933 bits per heavy atom. The minimum absolute atomic E-state index is 0.140. The van der Waals surface area contributed by atoms with Gasteiger partial charge in [0.25, 0.3) is 5.91 Å². The molecule has 1 aromatic heterocycles.